The summed E-state index contributed by atoms with van der Waals surface area (Å²) < 4.78 is 30.4. The van der Waals surface area contributed by atoms with Gasteiger partial charge in [-0.05, 0) is 47.5 Å². The number of halogens is 1. The van der Waals surface area contributed by atoms with Gasteiger partial charge in [-0.3, -0.25) is 4.79 Å². The first-order valence-electron chi connectivity index (χ1n) is 10.1. The quantitative estimate of drug-likeness (QED) is 0.580. The molecule has 1 heterocycles. The van der Waals surface area contributed by atoms with E-state index in [9.17, 15) is 9.18 Å². The summed E-state index contributed by atoms with van der Waals surface area (Å²) in [7, 11) is 1.50. The van der Waals surface area contributed by atoms with Gasteiger partial charge in [-0.2, -0.15) is 5.26 Å². The molecule has 0 aromatic heterocycles. The second kappa shape index (κ2) is 9.40. The van der Waals surface area contributed by atoms with Crippen LogP contribution in [0.4, 0.5) is 4.39 Å². The summed E-state index contributed by atoms with van der Waals surface area (Å²) in [4.78, 5) is 15.2. The Morgan fingerprint density at radius 1 is 1.06 bits per heavy atom. The maximum absolute atomic E-state index is 13.8. The Hall–Kier alpha value is -4.05. The van der Waals surface area contributed by atoms with Gasteiger partial charge in [-0.1, -0.05) is 24.3 Å². The number of carbonyl (C=O) groups excluding carboxylic acids is 1. The van der Waals surface area contributed by atoms with E-state index in [1.807, 2.05) is 0 Å². The van der Waals surface area contributed by atoms with Gasteiger partial charge in [0.25, 0.3) is 5.91 Å². The minimum absolute atomic E-state index is 0.202. The number of methoxy groups -OCH3 is 1. The molecule has 3 aromatic carbocycles. The molecule has 0 saturated heterocycles. The van der Waals surface area contributed by atoms with Crippen LogP contribution in [0.2, 0.25) is 0 Å². The van der Waals surface area contributed by atoms with Crippen LogP contribution in [0.3, 0.4) is 0 Å². The van der Waals surface area contributed by atoms with Crippen molar-refractivity contribution in [2.24, 2.45) is 0 Å². The van der Waals surface area contributed by atoms with E-state index >= 15 is 0 Å². The molecule has 162 valence electrons. The summed E-state index contributed by atoms with van der Waals surface area (Å²) in [6, 6.07) is 18.5. The Morgan fingerprint density at radius 3 is 2.53 bits per heavy atom. The van der Waals surface area contributed by atoms with Crippen LogP contribution in [0, 0.1) is 17.1 Å². The molecule has 0 radical (unpaired) electrons. The molecule has 7 heteroatoms. The van der Waals surface area contributed by atoms with E-state index in [-0.39, 0.29) is 24.8 Å². The fourth-order valence-electron chi connectivity index (χ4n) is 3.54. The number of fused-ring (bicyclic) bond motifs is 1. The third-order valence-electron chi connectivity index (χ3n) is 5.08. The predicted octanol–water partition coefficient (Wildman–Crippen LogP) is 4.32. The molecule has 0 N–H and O–H groups in total. The average Bonchev–Trinajstić information content (AvgIpc) is 2.83. The largest absolute Gasteiger partial charge is 0.493 e. The lowest BCUT2D eigenvalue weighted by Crippen LogP contribution is -2.30. The molecule has 1 amide bonds. The van der Waals surface area contributed by atoms with Crippen molar-refractivity contribution in [2.75, 3.05) is 20.3 Å². The SMILES string of the molecule is COc1cc(C(=O)N(Cc2ccc(C#N)cc2)Cc2cccc(F)c2)cc2c1OCCO2. The molecule has 3 aromatic rings. The average molecular weight is 432 g/mol. The number of carbonyl (C=O) groups is 1. The number of nitrogens with zero attached hydrogens (tertiary/aromatic N) is 2. The van der Waals surface area contributed by atoms with Gasteiger partial charge in [-0.25, -0.2) is 4.39 Å². The first-order chi connectivity index (χ1) is 15.6. The van der Waals surface area contributed by atoms with Crippen LogP contribution >= 0.6 is 0 Å². The summed E-state index contributed by atoms with van der Waals surface area (Å²) in [6.07, 6.45) is 0. The highest BCUT2D eigenvalue weighted by Gasteiger charge is 2.24. The van der Waals surface area contributed by atoms with Crippen LogP contribution in [0.1, 0.15) is 27.0 Å². The molecule has 6 nitrogen and oxygen atoms in total. The number of hydrogen-bond donors (Lipinski definition) is 0. The lowest BCUT2D eigenvalue weighted by Gasteiger charge is -2.25. The van der Waals surface area contributed by atoms with E-state index in [1.165, 1.54) is 19.2 Å². The van der Waals surface area contributed by atoms with Crippen molar-refractivity contribution in [1.82, 2.24) is 4.90 Å². The molecule has 0 fully saturated rings. The standard InChI is InChI=1S/C25H21FN2O4/c1-30-22-12-20(13-23-24(22)32-10-9-31-23)25(29)28(16-19-3-2-4-21(26)11-19)15-18-7-5-17(14-27)6-8-18/h2-8,11-13H,9-10,15-16H2,1H3. The van der Waals surface area contributed by atoms with Crippen molar-refractivity contribution in [3.8, 4) is 23.3 Å². The van der Waals surface area contributed by atoms with E-state index in [2.05, 4.69) is 6.07 Å². The highest BCUT2D eigenvalue weighted by atomic mass is 19.1. The van der Waals surface area contributed by atoms with Crippen LogP contribution in [-0.2, 0) is 13.1 Å². The first kappa shape index (κ1) is 21.2. The van der Waals surface area contributed by atoms with Gasteiger partial charge in [0.15, 0.2) is 11.5 Å². The van der Waals surface area contributed by atoms with Crippen molar-refractivity contribution in [2.45, 2.75) is 13.1 Å². The maximum atomic E-state index is 13.8. The molecule has 0 bridgehead atoms. The molecule has 4 rings (SSSR count). The van der Waals surface area contributed by atoms with Gasteiger partial charge in [0.05, 0.1) is 18.7 Å². The summed E-state index contributed by atoms with van der Waals surface area (Å²) in [5.41, 5.74) is 2.42. The molecule has 0 spiro atoms. The number of nitriles is 1. The topological polar surface area (TPSA) is 71.8 Å². The van der Waals surface area contributed by atoms with E-state index in [0.29, 0.717) is 47.2 Å². The Bertz CT molecular complexity index is 1150. The summed E-state index contributed by atoms with van der Waals surface area (Å²) in [5.74, 6) is 0.694. The van der Waals surface area contributed by atoms with Crippen molar-refractivity contribution >= 4 is 5.91 Å². The number of amides is 1. The zero-order valence-electron chi connectivity index (χ0n) is 17.5. The number of ether oxygens (including phenoxy) is 3. The molecule has 1 aliphatic rings. The molecule has 0 atom stereocenters. The molecule has 0 saturated carbocycles. The van der Waals surface area contributed by atoms with Crippen molar-refractivity contribution in [1.29, 1.82) is 5.26 Å². The summed E-state index contributed by atoms with van der Waals surface area (Å²) in [5, 5.41) is 9.03. The fourth-order valence-corrected chi connectivity index (χ4v) is 3.54. The molecule has 0 aliphatic carbocycles. The molecular weight excluding hydrogens is 411 g/mol. The lowest BCUT2D eigenvalue weighted by molar-refractivity contribution is 0.0728. The minimum Gasteiger partial charge on any atom is -0.493 e. The van der Waals surface area contributed by atoms with Crippen LogP contribution < -0.4 is 14.2 Å². The van der Waals surface area contributed by atoms with Gasteiger partial charge in [0, 0.05) is 18.7 Å². The van der Waals surface area contributed by atoms with Gasteiger partial charge < -0.3 is 19.1 Å². The van der Waals surface area contributed by atoms with Gasteiger partial charge >= 0.3 is 0 Å². The van der Waals surface area contributed by atoms with Crippen molar-refractivity contribution in [3.05, 3.63) is 88.7 Å². The second-order valence-electron chi connectivity index (χ2n) is 7.30. The Balaban J connectivity index is 1.68. The highest BCUT2D eigenvalue weighted by Crippen LogP contribution is 2.40. The van der Waals surface area contributed by atoms with Crippen LogP contribution in [0.25, 0.3) is 0 Å². The molecule has 0 unspecified atom stereocenters. The highest BCUT2D eigenvalue weighted by molar-refractivity contribution is 5.95. The second-order valence-corrected chi connectivity index (χ2v) is 7.30. The molecule has 32 heavy (non-hydrogen) atoms. The lowest BCUT2D eigenvalue weighted by atomic mass is 10.1. The van der Waals surface area contributed by atoms with Gasteiger partial charge in [-0.15, -0.1) is 0 Å². The number of rotatable bonds is 6. The Morgan fingerprint density at radius 2 is 1.81 bits per heavy atom. The van der Waals surface area contributed by atoms with E-state index < -0.39 is 0 Å². The smallest absolute Gasteiger partial charge is 0.254 e. The zero-order valence-corrected chi connectivity index (χ0v) is 17.5. The van der Waals surface area contributed by atoms with Crippen molar-refractivity contribution in [3.63, 3.8) is 0 Å². The van der Waals surface area contributed by atoms with Crippen LogP contribution in [0.15, 0.2) is 60.7 Å². The predicted molar refractivity (Wildman–Crippen MR) is 115 cm³/mol. The third kappa shape index (κ3) is 4.65. The van der Waals surface area contributed by atoms with E-state index in [1.54, 1.807) is 53.4 Å². The maximum Gasteiger partial charge on any atom is 0.254 e. The zero-order chi connectivity index (χ0) is 22.5. The Kier molecular flexibility index (Phi) is 6.22. The Labute approximate surface area is 185 Å². The van der Waals surface area contributed by atoms with E-state index in [4.69, 9.17) is 19.5 Å². The van der Waals surface area contributed by atoms with Crippen molar-refractivity contribution < 1.29 is 23.4 Å². The van der Waals surface area contributed by atoms with E-state index in [0.717, 1.165) is 5.56 Å². The summed E-state index contributed by atoms with van der Waals surface area (Å²) >= 11 is 0. The normalized spacial score (nSPS) is 12.0. The van der Waals surface area contributed by atoms with Crippen LogP contribution in [-0.4, -0.2) is 31.1 Å². The third-order valence-corrected chi connectivity index (χ3v) is 5.08. The van der Waals surface area contributed by atoms with Gasteiger partial charge in [0.1, 0.15) is 19.0 Å². The number of hydrogen-bond acceptors (Lipinski definition) is 5. The summed E-state index contributed by atoms with van der Waals surface area (Å²) in [6.45, 7) is 1.26. The first-order valence-corrected chi connectivity index (χ1v) is 10.1. The molecule has 1 aliphatic heterocycles. The molecular formula is C25H21FN2O4. The monoisotopic (exact) mass is 432 g/mol. The number of benzene rings is 3. The van der Waals surface area contributed by atoms with Crippen LogP contribution in [0.5, 0.6) is 17.2 Å². The van der Waals surface area contributed by atoms with Gasteiger partial charge in [0.2, 0.25) is 5.75 Å². The fraction of sp³-hybridized carbons (Fsp3) is 0.200. The minimum atomic E-state index is -0.366.